The van der Waals surface area contributed by atoms with E-state index in [9.17, 15) is 9.59 Å². The Kier molecular flexibility index (Phi) is 5.07. The van der Waals surface area contributed by atoms with Crippen molar-refractivity contribution in [3.05, 3.63) is 29.8 Å². The van der Waals surface area contributed by atoms with Gasteiger partial charge in [0.15, 0.2) is 0 Å². The highest BCUT2D eigenvalue weighted by atomic mass is 16.5. The summed E-state index contributed by atoms with van der Waals surface area (Å²) >= 11 is 0. The molecule has 0 aliphatic heterocycles. The predicted molar refractivity (Wildman–Crippen MR) is 70.1 cm³/mol. The molecule has 1 unspecified atom stereocenters. The lowest BCUT2D eigenvalue weighted by atomic mass is 9.95. The van der Waals surface area contributed by atoms with Gasteiger partial charge in [0, 0.05) is 0 Å². The van der Waals surface area contributed by atoms with Gasteiger partial charge in [0.25, 0.3) is 0 Å². The van der Waals surface area contributed by atoms with Crippen LogP contribution < -0.4 is 5.32 Å². The predicted octanol–water partition coefficient (Wildman–Crippen LogP) is 1.94. The van der Waals surface area contributed by atoms with E-state index >= 15 is 0 Å². The fourth-order valence-electron chi connectivity index (χ4n) is 1.71. The third kappa shape index (κ3) is 3.55. The van der Waals surface area contributed by atoms with Crippen molar-refractivity contribution in [1.29, 1.82) is 5.26 Å². The first-order valence-electron chi connectivity index (χ1n) is 5.89. The normalized spacial score (nSPS) is 11.5. The molecule has 0 aliphatic carbocycles. The lowest BCUT2D eigenvalue weighted by Crippen LogP contribution is -2.34. The van der Waals surface area contributed by atoms with Crippen LogP contribution in [0.15, 0.2) is 24.3 Å². The second kappa shape index (κ2) is 6.55. The number of hydrogen-bond acceptors (Lipinski definition) is 4. The molecule has 1 atom stereocenters. The number of anilines is 1. The molecule has 1 N–H and O–H groups in total. The maximum atomic E-state index is 12.1. The molecule has 1 aromatic rings. The number of methoxy groups -OCH3 is 1. The summed E-state index contributed by atoms with van der Waals surface area (Å²) in [6.07, 6.45) is 0. The van der Waals surface area contributed by atoms with Crippen molar-refractivity contribution >= 4 is 17.6 Å². The third-order valence-electron chi connectivity index (χ3n) is 2.71. The number of amides is 1. The van der Waals surface area contributed by atoms with Crippen LogP contribution in [0.1, 0.15) is 19.4 Å². The zero-order chi connectivity index (χ0) is 14.4. The first-order valence-corrected chi connectivity index (χ1v) is 5.89. The highest BCUT2D eigenvalue weighted by Gasteiger charge is 2.31. The molecule has 0 aromatic heterocycles. The molecule has 5 heteroatoms. The Labute approximate surface area is 112 Å². The van der Waals surface area contributed by atoms with E-state index < -0.39 is 17.8 Å². The van der Waals surface area contributed by atoms with Crippen molar-refractivity contribution < 1.29 is 14.3 Å². The molecule has 1 aromatic carbocycles. The first-order chi connectivity index (χ1) is 9.01. The fourth-order valence-corrected chi connectivity index (χ4v) is 1.71. The van der Waals surface area contributed by atoms with Crippen LogP contribution in [0.2, 0.25) is 0 Å². The lowest BCUT2D eigenvalue weighted by Gasteiger charge is -2.18. The van der Waals surface area contributed by atoms with Gasteiger partial charge in [0.2, 0.25) is 5.91 Å². The number of nitrogens with one attached hydrogen (secondary N) is 1. The van der Waals surface area contributed by atoms with E-state index in [1.165, 1.54) is 7.11 Å². The number of nitriles is 1. The van der Waals surface area contributed by atoms with E-state index in [-0.39, 0.29) is 5.92 Å². The number of hydrogen-bond donors (Lipinski definition) is 1. The Morgan fingerprint density at radius 3 is 2.47 bits per heavy atom. The van der Waals surface area contributed by atoms with Gasteiger partial charge in [-0.2, -0.15) is 5.26 Å². The summed E-state index contributed by atoms with van der Waals surface area (Å²) in [4.78, 5) is 23.7. The molecule has 1 amide bonds. The van der Waals surface area contributed by atoms with Gasteiger partial charge in [-0.1, -0.05) is 26.0 Å². The Balaban J connectivity index is 2.95. The van der Waals surface area contributed by atoms with Crippen LogP contribution in [0, 0.1) is 23.2 Å². The average Bonchev–Trinajstić information content (AvgIpc) is 2.38. The molecule has 5 nitrogen and oxygen atoms in total. The quantitative estimate of drug-likeness (QED) is 0.662. The highest BCUT2D eigenvalue weighted by molar-refractivity contribution is 6.05. The average molecular weight is 260 g/mol. The Bertz CT molecular complexity index is 518. The van der Waals surface area contributed by atoms with Gasteiger partial charge in [-0.15, -0.1) is 0 Å². The van der Waals surface area contributed by atoms with Gasteiger partial charge in [-0.25, -0.2) is 0 Å². The van der Waals surface area contributed by atoms with E-state index in [0.29, 0.717) is 11.3 Å². The number of carbonyl (C=O) groups excluding carboxylic acids is 2. The van der Waals surface area contributed by atoms with Gasteiger partial charge in [-0.05, 0) is 18.1 Å². The molecule has 0 fully saturated rings. The van der Waals surface area contributed by atoms with Gasteiger partial charge in [-0.3, -0.25) is 9.59 Å². The number of ether oxygens (including phenoxy) is 1. The summed E-state index contributed by atoms with van der Waals surface area (Å²) in [5.74, 6) is -2.13. The summed E-state index contributed by atoms with van der Waals surface area (Å²) in [6.45, 7) is 3.52. The van der Waals surface area contributed by atoms with Crippen molar-refractivity contribution in [1.82, 2.24) is 0 Å². The molecular formula is C14H16N2O3. The number of nitrogens with zero attached hydrogens (tertiary/aromatic N) is 1. The summed E-state index contributed by atoms with van der Waals surface area (Å²) < 4.78 is 4.62. The van der Waals surface area contributed by atoms with Crippen LogP contribution in [0.3, 0.4) is 0 Å². The number of para-hydroxylation sites is 1. The van der Waals surface area contributed by atoms with Crippen LogP contribution in [0.25, 0.3) is 0 Å². The van der Waals surface area contributed by atoms with E-state index in [1.54, 1.807) is 38.1 Å². The van der Waals surface area contributed by atoms with Crippen molar-refractivity contribution in [2.45, 2.75) is 13.8 Å². The van der Waals surface area contributed by atoms with Gasteiger partial charge in [0.05, 0.1) is 18.4 Å². The minimum atomic E-state index is -0.892. The van der Waals surface area contributed by atoms with Crippen molar-refractivity contribution in [2.24, 2.45) is 11.8 Å². The summed E-state index contributed by atoms with van der Waals surface area (Å²) in [5, 5.41) is 11.5. The largest absolute Gasteiger partial charge is 0.468 e. The maximum Gasteiger partial charge on any atom is 0.318 e. The van der Waals surface area contributed by atoms with Crippen LogP contribution in [0.5, 0.6) is 0 Å². The fraction of sp³-hybridized carbons (Fsp3) is 0.357. The third-order valence-corrected chi connectivity index (χ3v) is 2.71. The zero-order valence-electron chi connectivity index (χ0n) is 11.1. The van der Waals surface area contributed by atoms with Crippen molar-refractivity contribution in [3.8, 4) is 6.07 Å². The highest BCUT2D eigenvalue weighted by Crippen LogP contribution is 2.18. The number of benzene rings is 1. The number of esters is 1. The van der Waals surface area contributed by atoms with E-state index in [4.69, 9.17) is 5.26 Å². The number of carbonyl (C=O) groups is 2. The maximum absolute atomic E-state index is 12.1. The molecule has 0 radical (unpaired) electrons. The molecule has 0 heterocycles. The molecule has 0 aliphatic rings. The minimum absolute atomic E-state index is 0.193. The topological polar surface area (TPSA) is 79.2 Å². The molecule has 1 rings (SSSR count). The standard InChI is InChI=1S/C14H16N2O3/c1-9(2)12(14(18)19-3)13(17)16-11-7-5-4-6-10(11)8-15/h4-7,9,12H,1-3H3,(H,16,17). The van der Waals surface area contributed by atoms with Crippen LogP contribution in [-0.2, 0) is 14.3 Å². The molecule has 0 bridgehead atoms. The first kappa shape index (κ1) is 14.7. The van der Waals surface area contributed by atoms with E-state index in [0.717, 1.165) is 0 Å². The van der Waals surface area contributed by atoms with Crippen LogP contribution in [0.4, 0.5) is 5.69 Å². The Hall–Kier alpha value is -2.35. The van der Waals surface area contributed by atoms with E-state index in [2.05, 4.69) is 10.1 Å². The molecule has 0 saturated heterocycles. The van der Waals surface area contributed by atoms with Crippen molar-refractivity contribution in [2.75, 3.05) is 12.4 Å². The molecule has 100 valence electrons. The molecule has 0 saturated carbocycles. The zero-order valence-corrected chi connectivity index (χ0v) is 11.1. The smallest absolute Gasteiger partial charge is 0.318 e. The molecule has 19 heavy (non-hydrogen) atoms. The molecular weight excluding hydrogens is 244 g/mol. The second-order valence-electron chi connectivity index (χ2n) is 4.39. The van der Waals surface area contributed by atoms with Gasteiger partial charge >= 0.3 is 5.97 Å². The summed E-state index contributed by atoms with van der Waals surface area (Å²) in [7, 11) is 1.24. The van der Waals surface area contributed by atoms with Gasteiger partial charge in [0.1, 0.15) is 12.0 Å². The van der Waals surface area contributed by atoms with E-state index in [1.807, 2.05) is 6.07 Å². The number of rotatable bonds is 4. The molecule has 0 spiro atoms. The lowest BCUT2D eigenvalue weighted by molar-refractivity contribution is -0.150. The van der Waals surface area contributed by atoms with Crippen LogP contribution in [-0.4, -0.2) is 19.0 Å². The Morgan fingerprint density at radius 1 is 1.32 bits per heavy atom. The second-order valence-corrected chi connectivity index (χ2v) is 4.39. The Morgan fingerprint density at radius 2 is 1.95 bits per heavy atom. The summed E-state index contributed by atoms with van der Waals surface area (Å²) in [6, 6.07) is 8.60. The SMILES string of the molecule is COC(=O)C(C(=O)Nc1ccccc1C#N)C(C)C. The van der Waals surface area contributed by atoms with Gasteiger partial charge < -0.3 is 10.1 Å². The van der Waals surface area contributed by atoms with Crippen LogP contribution >= 0.6 is 0 Å². The summed E-state index contributed by atoms with van der Waals surface area (Å²) in [5.41, 5.74) is 0.743. The minimum Gasteiger partial charge on any atom is -0.468 e. The van der Waals surface area contributed by atoms with Crippen molar-refractivity contribution in [3.63, 3.8) is 0 Å². The monoisotopic (exact) mass is 260 g/mol.